The molecule has 150 valence electrons. The Balaban J connectivity index is 1.59. The predicted molar refractivity (Wildman–Crippen MR) is 109 cm³/mol. The zero-order chi connectivity index (χ0) is 20.1. The summed E-state index contributed by atoms with van der Waals surface area (Å²) in [6, 6.07) is 8.65. The molecule has 1 amide bonds. The van der Waals surface area contributed by atoms with Gasteiger partial charge in [-0.2, -0.15) is 0 Å². The lowest BCUT2D eigenvalue weighted by Gasteiger charge is -2.42. The summed E-state index contributed by atoms with van der Waals surface area (Å²) in [6.45, 7) is 11.5. The molecule has 1 aliphatic carbocycles. The Bertz CT molecular complexity index is 892. The minimum absolute atomic E-state index is 0.153. The third kappa shape index (κ3) is 3.25. The fourth-order valence-corrected chi connectivity index (χ4v) is 4.42. The summed E-state index contributed by atoms with van der Waals surface area (Å²) in [5, 5.41) is 13.4. The molecule has 1 fully saturated rings. The van der Waals surface area contributed by atoms with E-state index < -0.39 is 6.09 Å². The molecule has 6 nitrogen and oxygen atoms in total. The molecule has 1 aromatic carbocycles. The zero-order valence-electron chi connectivity index (χ0n) is 17.2. The molecule has 28 heavy (non-hydrogen) atoms. The lowest BCUT2D eigenvalue weighted by Crippen LogP contribution is -2.48. The third-order valence-electron chi connectivity index (χ3n) is 6.51. The van der Waals surface area contributed by atoms with Crippen molar-refractivity contribution in [3.8, 4) is 11.3 Å². The minimum atomic E-state index is -0.863. The standard InChI is InChI=1S/C22H29N3O3/c1-21(2)7-8-22(3,4)17-13-15(5-6-16(17)21)18-14-19(28-23-18)24-9-11-25(12-10-24)20(26)27/h5-6,13-14H,7-12H2,1-4H3,(H,26,27). The van der Waals surface area contributed by atoms with E-state index in [-0.39, 0.29) is 10.8 Å². The van der Waals surface area contributed by atoms with Crippen LogP contribution >= 0.6 is 0 Å². The maximum Gasteiger partial charge on any atom is 0.407 e. The van der Waals surface area contributed by atoms with Gasteiger partial charge < -0.3 is 19.4 Å². The number of carbonyl (C=O) groups is 1. The summed E-state index contributed by atoms with van der Waals surface area (Å²) in [5.74, 6) is 0.706. The maximum atomic E-state index is 11.1. The van der Waals surface area contributed by atoms with Gasteiger partial charge >= 0.3 is 6.09 Å². The van der Waals surface area contributed by atoms with Gasteiger partial charge in [0, 0.05) is 37.8 Å². The number of amides is 1. The fourth-order valence-electron chi connectivity index (χ4n) is 4.42. The van der Waals surface area contributed by atoms with Crippen molar-refractivity contribution in [2.24, 2.45) is 0 Å². The normalized spacial score (nSPS) is 20.7. The van der Waals surface area contributed by atoms with Gasteiger partial charge in [-0.25, -0.2) is 4.79 Å². The quantitative estimate of drug-likeness (QED) is 0.827. The molecule has 0 radical (unpaired) electrons. The number of rotatable bonds is 2. The van der Waals surface area contributed by atoms with E-state index in [0.29, 0.717) is 32.1 Å². The van der Waals surface area contributed by atoms with Crippen molar-refractivity contribution in [2.45, 2.75) is 51.4 Å². The van der Waals surface area contributed by atoms with Crippen LogP contribution in [0.1, 0.15) is 51.7 Å². The number of fused-ring (bicyclic) bond motifs is 1. The number of piperazine rings is 1. The van der Waals surface area contributed by atoms with Gasteiger partial charge in [0.05, 0.1) is 0 Å². The SMILES string of the molecule is CC1(C)CCC(C)(C)c2cc(-c3cc(N4CCN(C(=O)O)CC4)on3)ccc21. The van der Waals surface area contributed by atoms with Gasteiger partial charge in [-0.3, -0.25) is 0 Å². The second kappa shape index (κ2) is 6.54. The summed E-state index contributed by atoms with van der Waals surface area (Å²) in [5.41, 5.74) is 5.09. The topological polar surface area (TPSA) is 69.8 Å². The Morgan fingerprint density at radius 3 is 2.29 bits per heavy atom. The number of nitrogens with zero attached hydrogens (tertiary/aromatic N) is 3. The lowest BCUT2D eigenvalue weighted by molar-refractivity contribution is 0.141. The largest absolute Gasteiger partial charge is 0.465 e. The van der Waals surface area contributed by atoms with Crippen molar-refractivity contribution in [3.63, 3.8) is 0 Å². The van der Waals surface area contributed by atoms with Crippen LogP contribution in [0.25, 0.3) is 11.3 Å². The van der Waals surface area contributed by atoms with Crippen molar-refractivity contribution in [1.29, 1.82) is 0 Å². The molecule has 0 atom stereocenters. The first-order valence-electron chi connectivity index (χ1n) is 10.0. The highest BCUT2D eigenvalue weighted by Crippen LogP contribution is 2.46. The molecule has 1 N–H and O–H groups in total. The number of anilines is 1. The summed E-state index contributed by atoms with van der Waals surface area (Å²) in [7, 11) is 0. The van der Waals surface area contributed by atoms with Crippen LogP contribution in [0.4, 0.5) is 10.7 Å². The van der Waals surface area contributed by atoms with E-state index in [0.717, 1.165) is 11.3 Å². The maximum absolute atomic E-state index is 11.1. The van der Waals surface area contributed by atoms with E-state index in [1.807, 2.05) is 6.07 Å². The van der Waals surface area contributed by atoms with Crippen molar-refractivity contribution >= 4 is 12.0 Å². The zero-order valence-corrected chi connectivity index (χ0v) is 17.2. The van der Waals surface area contributed by atoms with Gasteiger partial charge in [0.15, 0.2) is 0 Å². The van der Waals surface area contributed by atoms with E-state index in [4.69, 9.17) is 9.63 Å². The lowest BCUT2D eigenvalue weighted by atomic mass is 9.63. The van der Waals surface area contributed by atoms with Gasteiger partial charge in [-0.05, 0) is 40.9 Å². The molecule has 1 saturated heterocycles. The van der Waals surface area contributed by atoms with Crippen molar-refractivity contribution < 1.29 is 14.4 Å². The molecule has 4 rings (SSSR count). The van der Waals surface area contributed by atoms with Crippen LogP contribution < -0.4 is 4.90 Å². The first-order chi connectivity index (χ1) is 13.2. The molecule has 2 aromatic rings. The Hall–Kier alpha value is -2.50. The highest BCUT2D eigenvalue weighted by atomic mass is 16.5. The summed E-state index contributed by atoms with van der Waals surface area (Å²) < 4.78 is 5.60. The molecule has 0 saturated carbocycles. The summed E-state index contributed by atoms with van der Waals surface area (Å²) in [4.78, 5) is 14.6. The highest BCUT2D eigenvalue weighted by Gasteiger charge is 2.37. The van der Waals surface area contributed by atoms with E-state index >= 15 is 0 Å². The molecule has 1 aromatic heterocycles. The molecule has 1 aliphatic heterocycles. The average molecular weight is 383 g/mol. The monoisotopic (exact) mass is 383 g/mol. The first-order valence-corrected chi connectivity index (χ1v) is 10.0. The predicted octanol–water partition coefficient (Wildman–Crippen LogP) is 4.49. The molecule has 0 spiro atoms. The van der Waals surface area contributed by atoms with Crippen LogP contribution in [0, 0.1) is 0 Å². The van der Waals surface area contributed by atoms with Crippen molar-refractivity contribution in [2.75, 3.05) is 31.1 Å². The second-order valence-electron chi connectivity index (χ2n) is 9.34. The van der Waals surface area contributed by atoms with Gasteiger partial charge in [0.2, 0.25) is 5.88 Å². The van der Waals surface area contributed by atoms with E-state index in [1.165, 1.54) is 28.9 Å². The summed E-state index contributed by atoms with van der Waals surface area (Å²) >= 11 is 0. The molecule has 2 heterocycles. The van der Waals surface area contributed by atoms with Gasteiger partial charge in [0.25, 0.3) is 0 Å². The van der Waals surface area contributed by atoms with Gasteiger partial charge in [0.1, 0.15) is 5.69 Å². The molecule has 0 bridgehead atoms. The minimum Gasteiger partial charge on any atom is -0.465 e. The Morgan fingerprint density at radius 1 is 1.00 bits per heavy atom. The summed E-state index contributed by atoms with van der Waals surface area (Å²) in [6.07, 6.45) is 1.51. The Morgan fingerprint density at radius 2 is 1.64 bits per heavy atom. The van der Waals surface area contributed by atoms with Crippen LogP contribution in [0.5, 0.6) is 0 Å². The smallest absolute Gasteiger partial charge is 0.407 e. The number of carboxylic acid groups (broad SMARTS) is 1. The van der Waals surface area contributed by atoms with Crippen molar-refractivity contribution in [1.82, 2.24) is 10.1 Å². The average Bonchev–Trinajstić information content (AvgIpc) is 3.15. The van der Waals surface area contributed by atoms with Crippen LogP contribution in [-0.4, -0.2) is 47.4 Å². The Kier molecular flexibility index (Phi) is 4.40. The number of hydrogen-bond acceptors (Lipinski definition) is 4. The third-order valence-corrected chi connectivity index (χ3v) is 6.51. The number of hydrogen-bond donors (Lipinski definition) is 1. The van der Waals surface area contributed by atoms with E-state index in [2.05, 4.69) is 56.0 Å². The highest BCUT2D eigenvalue weighted by molar-refractivity contribution is 5.67. The molecule has 2 aliphatic rings. The van der Waals surface area contributed by atoms with Crippen LogP contribution in [0.3, 0.4) is 0 Å². The van der Waals surface area contributed by atoms with Crippen molar-refractivity contribution in [3.05, 3.63) is 35.4 Å². The molecule has 0 unspecified atom stereocenters. The number of benzene rings is 1. The van der Waals surface area contributed by atoms with Gasteiger partial charge in [-0.15, -0.1) is 0 Å². The number of aromatic nitrogens is 1. The van der Waals surface area contributed by atoms with Crippen LogP contribution in [0.15, 0.2) is 28.8 Å². The Labute approximate surface area is 166 Å². The fraction of sp³-hybridized carbons (Fsp3) is 0.545. The molecule has 6 heteroatoms. The van der Waals surface area contributed by atoms with E-state index in [1.54, 1.807) is 0 Å². The van der Waals surface area contributed by atoms with Gasteiger partial charge in [-0.1, -0.05) is 45.0 Å². The second-order valence-corrected chi connectivity index (χ2v) is 9.34. The molecular formula is C22H29N3O3. The first kappa shape index (κ1) is 18.8. The molecular weight excluding hydrogens is 354 g/mol. The van der Waals surface area contributed by atoms with Crippen LogP contribution in [-0.2, 0) is 10.8 Å². The van der Waals surface area contributed by atoms with E-state index in [9.17, 15) is 4.79 Å². The van der Waals surface area contributed by atoms with Crippen LogP contribution in [0.2, 0.25) is 0 Å².